The maximum absolute atomic E-state index is 13.8. The van der Waals surface area contributed by atoms with E-state index >= 15 is 0 Å². The van der Waals surface area contributed by atoms with Crippen molar-refractivity contribution in [3.05, 3.63) is 112 Å². The second-order valence-corrected chi connectivity index (χ2v) is 8.87. The van der Waals surface area contributed by atoms with Crippen LogP contribution >= 0.6 is 0 Å². The summed E-state index contributed by atoms with van der Waals surface area (Å²) in [5.74, 6) is 1.72. The first-order valence-corrected chi connectivity index (χ1v) is 11.6. The molecule has 0 spiro atoms. The zero-order valence-electron chi connectivity index (χ0n) is 19.7. The Bertz CT molecular complexity index is 1570. The molecule has 3 heterocycles. The van der Waals surface area contributed by atoms with Gasteiger partial charge in [-0.2, -0.15) is 0 Å². The Hall–Kier alpha value is -4.52. The van der Waals surface area contributed by atoms with Gasteiger partial charge < -0.3 is 23.5 Å². The van der Waals surface area contributed by atoms with Crippen LogP contribution in [0.15, 0.2) is 82.5 Å². The highest BCUT2D eigenvalue weighted by Crippen LogP contribution is 2.41. The Morgan fingerprint density at radius 2 is 1.83 bits per heavy atom. The van der Waals surface area contributed by atoms with E-state index in [9.17, 15) is 9.59 Å². The van der Waals surface area contributed by atoms with Crippen LogP contribution in [0.3, 0.4) is 0 Å². The Morgan fingerprint density at radius 1 is 1.03 bits per heavy atom. The summed E-state index contributed by atoms with van der Waals surface area (Å²) in [6, 6.07) is 17.8. The van der Waals surface area contributed by atoms with E-state index in [-0.39, 0.29) is 30.4 Å². The molecule has 4 aromatic rings. The first kappa shape index (κ1) is 22.0. The first-order valence-electron chi connectivity index (χ1n) is 11.6. The van der Waals surface area contributed by atoms with Crippen LogP contribution < -0.4 is 19.6 Å². The van der Waals surface area contributed by atoms with Crippen molar-refractivity contribution >= 4 is 16.9 Å². The molecule has 0 saturated carbocycles. The van der Waals surface area contributed by atoms with E-state index in [1.54, 1.807) is 23.1 Å². The lowest BCUT2D eigenvalue weighted by Crippen LogP contribution is -2.29. The summed E-state index contributed by atoms with van der Waals surface area (Å²) in [5, 5.41) is 0.461. The summed E-state index contributed by atoms with van der Waals surface area (Å²) < 4.78 is 22.6. The highest BCUT2D eigenvalue weighted by molar-refractivity contribution is 5.99. The minimum Gasteiger partial charge on any atom is -0.490 e. The van der Waals surface area contributed by atoms with E-state index < -0.39 is 6.04 Å². The van der Waals surface area contributed by atoms with Gasteiger partial charge in [0.25, 0.3) is 5.91 Å². The Balaban J connectivity index is 1.47. The smallest absolute Gasteiger partial charge is 0.291 e. The van der Waals surface area contributed by atoms with Gasteiger partial charge in [0.1, 0.15) is 17.9 Å². The van der Waals surface area contributed by atoms with Gasteiger partial charge in [-0.05, 0) is 54.4 Å². The van der Waals surface area contributed by atoms with Crippen LogP contribution in [0.2, 0.25) is 0 Å². The van der Waals surface area contributed by atoms with E-state index in [1.807, 2.05) is 55.5 Å². The van der Waals surface area contributed by atoms with Crippen molar-refractivity contribution in [2.24, 2.45) is 0 Å². The minimum absolute atomic E-state index is 0.0779. The van der Waals surface area contributed by atoms with Crippen LogP contribution in [-0.4, -0.2) is 24.2 Å². The normalized spacial score (nSPS) is 15.9. The molecule has 0 N–H and O–H groups in total. The van der Waals surface area contributed by atoms with Crippen molar-refractivity contribution in [3.63, 3.8) is 0 Å². The average Bonchev–Trinajstić information content (AvgIpc) is 3.46. The molecule has 2 aliphatic rings. The minimum atomic E-state index is -0.618. The SMILES string of the molecule is C=CCOc1ccc([C@H]2c3c(oc4ccc(C)cc4c3=O)C(=O)N2Cc2ccc3c(c2)OCO3)cc1. The summed E-state index contributed by atoms with van der Waals surface area (Å²) in [6.45, 7) is 6.40. The number of carbonyl (C=O) groups excluding carboxylic acids is 1. The van der Waals surface area contributed by atoms with Crippen molar-refractivity contribution in [2.75, 3.05) is 13.4 Å². The predicted molar refractivity (Wildman–Crippen MR) is 134 cm³/mol. The molecule has 36 heavy (non-hydrogen) atoms. The van der Waals surface area contributed by atoms with E-state index in [0.29, 0.717) is 40.4 Å². The van der Waals surface area contributed by atoms with Gasteiger partial charge in [-0.3, -0.25) is 9.59 Å². The number of aryl methyl sites for hydroxylation is 1. The maximum atomic E-state index is 13.8. The van der Waals surface area contributed by atoms with Crippen molar-refractivity contribution in [1.82, 2.24) is 4.90 Å². The Kier molecular flexibility index (Phi) is 5.25. The molecule has 1 aromatic heterocycles. The standard InChI is InChI=1S/C29H23NO6/c1-3-12-33-20-8-6-19(7-9-20)26-25-27(31)21-13-17(2)4-10-22(21)36-28(25)29(32)30(26)15-18-5-11-23-24(14-18)35-16-34-23/h3-11,13-14,26H,1,12,15-16H2,2H3/t26-/m0/s1. The fraction of sp³-hybridized carbons (Fsp3) is 0.172. The van der Waals surface area contributed by atoms with Crippen molar-refractivity contribution in [1.29, 1.82) is 0 Å². The summed E-state index contributed by atoms with van der Waals surface area (Å²) >= 11 is 0. The molecule has 0 fully saturated rings. The number of nitrogens with zero attached hydrogens (tertiary/aromatic N) is 1. The fourth-order valence-corrected chi connectivity index (χ4v) is 4.78. The third-order valence-electron chi connectivity index (χ3n) is 6.47. The summed E-state index contributed by atoms with van der Waals surface area (Å²) in [4.78, 5) is 29.1. The predicted octanol–water partition coefficient (Wildman–Crippen LogP) is 5.14. The van der Waals surface area contributed by atoms with Crippen molar-refractivity contribution in [2.45, 2.75) is 19.5 Å². The van der Waals surface area contributed by atoms with Gasteiger partial charge in [0.2, 0.25) is 12.6 Å². The van der Waals surface area contributed by atoms with Gasteiger partial charge in [0.05, 0.1) is 17.0 Å². The number of fused-ring (bicyclic) bond motifs is 3. The molecule has 0 unspecified atom stereocenters. The molecular formula is C29H23NO6. The molecule has 6 rings (SSSR count). The fourth-order valence-electron chi connectivity index (χ4n) is 4.78. The molecule has 180 valence electrons. The van der Waals surface area contributed by atoms with E-state index in [1.165, 1.54) is 0 Å². The average molecular weight is 482 g/mol. The van der Waals surface area contributed by atoms with E-state index in [0.717, 1.165) is 16.7 Å². The third-order valence-corrected chi connectivity index (χ3v) is 6.47. The first-order chi connectivity index (χ1) is 17.5. The van der Waals surface area contributed by atoms with Gasteiger partial charge in [-0.25, -0.2) is 0 Å². The van der Waals surface area contributed by atoms with Crippen LogP contribution in [-0.2, 0) is 6.54 Å². The Labute approximate surface area is 207 Å². The number of ether oxygens (including phenoxy) is 3. The molecule has 0 radical (unpaired) electrons. The number of carbonyl (C=O) groups is 1. The number of hydrogen-bond donors (Lipinski definition) is 0. The molecule has 0 aliphatic carbocycles. The van der Waals surface area contributed by atoms with Gasteiger partial charge in [-0.15, -0.1) is 0 Å². The lowest BCUT2D eigenvalue weighted by Gasteiger charge is -2.25. The lowest BCUT2D eigenvalue weighted by molar-refractivity contribution is 0.0714. The summed E-state index contributed by atoms with van der Waals surface area (Å²) in [5.41, 5.74) is 3.12. The largest absolute Gasteiger partial charge is 0.490 e. The Morgan fingerprint density at radius 3 is 2.64 bits per heavy atom. The van der Waals surface area contributed by atoms with Gasteiger partial charge in [0, 0.05) is 6.54 Å². The van der Waals surface area contributed by atoms with Gasteiger partial charge in [0.15, 0.2) is 16.9 Å². The van der Waals surface area contributed by atoms with E-state index in [4.69, 9.17) is 18.6 Å². The molecular weight excluding hydrogens is 458 g/mol. The zero-order chi connectivity index (χ0) is 24.8. The molecule has 0 bridgehead atoms. The van der Waals surface area contributed by atoms with Gasteiger partial charge >= 0.3 is 0 Å². The monoisotopic (exact) mass is 481 g/mol. The highest BCUT2D eigenvalue weighted by Gasteiger charge is 2.42. The van der Waals surface area contributed by atoms with Crippen LogP contribution in [0, 0.1) is 6.92 Å². The van der Waals surface area contributed by atoms with Crippen LogP contribution in [0.1, 0.15) is 38.9 Å². The van der Waals surface area contributed by atoms with E-state index in [2.05, 4.69) is 6.58 Å². The van der Waals surface area contributed by atoms with Crippen molar-refractivity contribution < 1.29 is 23.4 Å². The molecule has 2 aliphatic heterocycles. The summed E-state index contributed by atoms with van der Waals surface area (Å²) in [6.07, 6.45) is 1.67. The van der Waals surface area contributed by atoms with Crippen LogP contribution in [0.25, 0.3) is 11.0 Å². The number of benzene rings is 3. The molecule has 7 nitrogen and oxygen atoms in total. The highest BCUT2D eigenvalue weighted by atomic mass is 16.7. The number of amides is 1. The molecule has 1 amide bonds. The van der Waals surface area contributed by atoms with Crippen molar-refractivity contribution in [3.8, 4) is 17.2 Å². The lowest BCUT2D eigenvalue weighted by atomic mass is 9.97. The van der Waals surface area contributed by atoms with Gasteiger partial charge in [-0.1, -0.05) is 42.5 Å². The quantitative estimate of drug-likeness (QED) is 0.355. The zero-order valence-corrected chi connectivity index (χ0v) is 19.7. The molecule has 3 aromatic carbocycles. The van der Waals surface area contributed by atoms with Crippen LogP contribution in [0.5, 0.6) is 17.2 Å². The topological polar surface area (TPSA) is 78.2 Å². The molecule has 0 saturated heterocycles. The molecule has 1 atom stereocenters. The number of hydrogen-bond acceptors (Lipinski definition) is 6. The molecule has 7 heteroatoms. The summed E-state index contributed by atoms with van der Waals surface area (Å²) in [7, 11) is 0. The second kappa shape index (κ2) is 8.61. The maximum Gasteiger partial charge on any atom is 0.291 e. The number of rotatable bonds is 6. The second-order valence-electron chi connectivity index (χ2n) is 8.87. The third kappa shape index (κ3) is 3.60. The van der Waals surface area contributed by atoms with Crippen LogP contribution in [0.4, 0.5) is 0 Å².